The molecule has 4 rings (SSSR count). The van der Waals surface area contributed by atoms with Crippen LogP contribution in [-0.2, 0) is 45.4 Å². The number of benzene rings is 1. The zero-order valence-corrected chi connectivity index (χ0v) is 62.8. The zero-order chi connectivity index (χ0) is 69.2. The van der Waals surface area contributed by atoms with Crippen LogP contribution in [0.1, 0.15) is 292 Å². The molecular formula is C80H137N7O4. The van der Waals surface area contributed by atoms with Gasteiger partial charge in [0.15, 0.2) is 0 Å². The van der Waals surface area contributed by atoms with Gasteiger partial charge in [0.05, 0.1) is 35.7 Å². The number of amides is 2. The molecule has 3 heterocycles. The van der Waals surface area contributed by atoms with E-state index >= 15 is 0 Å². The maximum absolute atomic E-state index is 12.6. The van der Waals surface area contributed by atoms with E-state index in [0.29, 0.717) is 40.2 Å². The van der Waals surface area contributed by atoms with Crippen LogP contribution in [0.5, 0.6) is 0 Å². The number of hydrogen-bond acceptors (Lipinski definition) is 9. The van der Waals surface area contributed by atoms with Crippen LogP contribution in [0.4, 0.5) is 0 Å². The lowest BCUT2D eigenvalue weighted by atomic mass is 9.76. The van der Waals surface area contributed by atoms with E-state index in [1.807, 2.05) is 48.7 Å². The van der Waals surface area contributed by atoms with E-state index in [1.54, 1.807) is 24.8 Å². The molecule has 0 radical (unpaired) electrons. The number of ether oxygens (including phenoxy) is 1. The number of esters is 1. The first kappa shape index (κ1) is 84.0. The number of nitrogens with one attached hydrogen (secondary N) is 3. The summed E-state index contributed by atoms with van der Waals surface area (Å²) in [5, 5.41) is 9.75. The van der Waals surface area contributed by atoms with E-state index in [2.05, 4.69) is 226 Å². The smallest absolute Gasteiger partial charge is 0.309 e. The second-order valence-electron chi connectivity index (χ2n) is 35.0. The van der Waals surface area contributed by atoms with Crippen LogP contribution in [0.2, 0.25) is 0 Å². The lowest BCUT2D eigenvalue weighted by Gasteiger charge is -2.31. The van der Waals surface area contributed by atoms with Gasteiger partial charge in [-0.3, -0.25) is 34.3 Å². The van der Waals surface area contributed by atoms with Gasteiger partial charge in [0, 0.05) is 49.7 Å². The molecule has 516 valence electrons. The molecule has 11 heteroatoms. The third-order valence-corrected chi connectivity index (χ3v) is 16.9. The second-order valence-corrected chi connectivity index (χ2v) is 35.0. The minimum absolute atomic E-state index is 0.00248. The van der Waals surface area contributed by atoms with Crippen molar-refractivity contribution < 1.29 is 19.1 Å². The Morgan fingerprint density at radius 1 is 0.396 bits per heavy atom. The molecule has 3 N–H and O–H groups in total. The van der Waals surface area contributed by atoms with Gasteiger partial charge in [-0.1, -0.05) is 260 Å². The molecule has 0 aliphatic rings. The summed E-state index contributed by atoms with van der Waals surface area (Å²) in [5.74, 6) is 0.975. The monoisotopic (exact) mass is 1260 g/mol. The average molecular weight is 1260 g/mol. The Bertz CT molecular complexity index is 2300. The fraction of sp³-hybridized carbons (Fsp3) is 0.713. The van der Waals surface area contributed by atoms with Crippen molar-refractivity contribution in [2.24, 2.45) is 67.0 Å². The molecule has 0 saturated carbocycles. The Hall–Kier alpha value is -5.03. The number of unbranched alkanes of at least 4 members (excludes halogenated alkanes) is 4. The number of hydrogen-bond donors (Lipinski definition) is 3. The number of rotatable bonds is 29. The predicted molar refractivity (Wildman–Crippen MR) is 386 cm³/mol. The molecule has 1 aromatic carbocycles. The van der Waals surface area contributed by atoms with Gasteiger partial charge in [0.1, 0.15) is 6.61 Å². The molecule has 11 nitrogen and oxygen atoms in total. The molecule has 3 aromatic heterocycles. The molecule has 2 amide bonds. The summed E-state index contributed by atoms with van der Waals surface area (Å²) < 4.78 is 5.51. The summed E-state index contributed by atoms with van der Waals surface area (Å²) in [6.07, 6.45) is 27.1. The number of carbonyl (C=O) groups is 3. The quantitative estimate of drug-likeness (QED) is 0.0357. The van der Waals surface area contributed by atoms with Crippen molar-refractivity contribution in [3.8, 4) is 0 Å². The molecular weight excluding hydrogens is 1120 g/mol. The average Bonchev–Trinajstić information content (AvgIpc) is 1.59. The molecule has 4 unspecified atom stereocenters. The molecule has 0 aliphatic carbocycles. The molecule has 0 fully saturated rings. The largest absolute Gasteiger partial charge is 0.459 e. The van der Waals surface area contributed by atoms with Crippen molar-refractivity contribution in [2.75, 3.05) is 6.54 Å². The highest BCUT2D eigenvalue weighted by Gasteiger charge is 2.34. The zero-order valence-electron chi connectivity index (χ0n) is 62.8. The van der Waals surface area contributed by atoms with Crippen LogP contribution in [0, 0.1) is 67.0 Å². The van der Waals surface area contributed by atoms with Gasteiger partial charge < -0.3 is 20.7 Å². The lowest BCUT2D eigenvalue weighted by Crippen LogP contribution is -2.37. The van der Waals surface area contributed by atoms with Crippen LogP contribution in [-0.4, -0.2) is 44.3 Å². The minimum atomic E-state index is -0.0982. The molecule has 0 spiro atoms. The highest BCUT2D eigenvalue weighted by atomic mass is 16.5. The predicted octanol–water partition coefficient (Wildman–Crippen LogP) is 20.8. The van der Waals surface area contributed by atoms with Crippen LogP contribution in [0.15, 0.2) is 97.7 Å². The number of pyridine rings is 2. The SMILES string of the molecule is CC(C)(C)CCCCC(C(=O)NCc1ccccc1)C(C)(C)C.CC(C)(C)CCCCC(C(=O)NCc1cnccn1)C(C)(C)C.CC(C)(C)CCCCC(C(=O)OCc1ccccn1)C(C)(C)C.CC(C)(C)CCCCC(CNCc1ccccn1)C(C)(C)C. The number of nitrogens with zero attached hydrogens (tertiary/aromatic N) is 4. The van der Waals surface area contributed by atoms with Crippen molar-refractivity contribution >= 4 is 17.8 Å². The normalized spacial score (nSPS) is 13.8. The Labute approximate surface area is 559 Å². The van der Waals surface area contributed by atoms with Gasteiger partial charge in [-0.2, -0.15) is 0 Å². The van der Waals surface area contributed by atoms with E-state index in [4.69, 9.17) is 4.74 Å². The van der Waals surface area contributed by atoms with Gasteiger partial charge in [0.25, 0.3) is 0 Å². The van der Waals surface area contributed by atoms with Crippen molar-refractivity contribution in [2.45, 2.75) is 295 Å². The van der Waals surface area contributed by atoms with E-state index in [0.717, 1.165) is 86.6 Å². The first-order valence-corrected chi connectivity index (χ1v) is 35.0. The third-order valence-electron chi connectivity index (χ3n) is 16.9. The maximum atomic E-state index is 12.6. The van der Waals surface area contributed by atoms with Crippen LogP contribution in [0.3, 0.4) is 0 Å². The molecule has 0 bridgehead atoms. The van der Waals surface area contributed by atoms with Crippen molar-refractivity contribution in [3.63, 3.8) is 0 Å². The minimum Gasteiger partial charge on any atom is -0.459 e. The number of carbonyl (C=O) groups excluding carboxylic acids is 3. The molecule has 91 heavy (non-hydrogen) atoms. The van der Waals surface area contributed by atoms with Crippen molar-refractivity contribution in [1.29, 1.82) is 0 Å². The molecule has 0 aliphatic heterocycles. The Morgan fingerprint density at radius 3 is 1.18 bits per heavy atom. The van der Waals surface area contributed by atoms with Gasteiger partial charge in [0.2, 0.25) is 11.8 Å². The number of aromatic nitrogens is 4. The maximum Gasteiger partial charge on any atom is 0.309 e. The van der Waals surface area contributed by atoms with E-state index in [9.17, 15) is 14.4 Å². The highest BCUT2D eigenvalue weighted by Crippen LogP contribution is 2.36. The first-order valence-electron chi connectivity index (χ1n) is 35.0. The van der Waals surface area contributed by atoms with Gasteiger partial charge in [-0.15, -0.1) is 0 Å². The third kappa shape index (κ3) is 43.5. The fourth-order valence-electron chi connectivity index (χ4n) is 11.0. The Balaban J connectivity index is 0.000000607. The second kappa shape index (κ2) is 40.9. The summed E-state index contributed by atoms with van der Waals surface area (Å²) in [5.41, 5.74) is 5.69. The lowest BCUT2D eigenvalue weighted by molar-refractivity contribution is -0.154. The van der Waals surface area contributed by atoms with Gasteiger partial charge in [-0.05, 0) is 137 Å². The summed E-state index contributed by atoms with van der Waals surface area (Å²) in [4.78, 5) is 54.5. The van der Waals surface area contributed by atoms with Crippen LogP contribution in [0.25, 0.3) is 0 Å². The Morgan fingerprint density at radius 2 is 0.791 bits per heavy atom. The fourth-order valence-corrected chi connectivity index (χ4v) is 11.0. The first-order chi connectivity index (χ1) is 42.0. The summed E-state index contributed by atoms with van der Waals surface area (Å²) in [7, 11) is 0. The van der Waals surface area contributed by atoms with Crippen molar-refractivity contribution in [3.05, 3.63) is 120 Å². The molecule has 0 saturated heterocycles. The van der Waals surface area contributed by atoms with Gasteiger partial charge in [-0.25, -0.2) is 0 Å². The van der Waals surface area contributed by atoms with Crippen molar-refractivity contribution in [1.82, 2.24) is 35.9 Å². The molecule has 4 aromatic rings. The standard InChI is InChI=1S/C21H35NO.C20H36N2.C20H33NO2.C19H33N3O/c1-20(2,3)15-11-10-14-18(21(4,5)6)19(23)22-16-17-12-8-7-9-13-17;1-19(2,3)13-9-7-11-17(20(4,5)6)15-21-16-18-12-8-10-14-22-18;1-19(2,3)13-9-7-12-17(20(4,5)6)18(22)23-15-16-11-8-10-14-21-16;1-18(2,3)10-8-7-9-16(19(4,5)6)17(23)22-14-15-13-20-11-12-21-15/h7-9,12-13,18H,10-11,14-16H2,1-6H3,(H,22,23);8,10,12,14,17,21H,7,9,11,13,15-16H2,1-6H3;8,10-11,14,17H,7,9,12-13,15H2,1-6H3;11-13,16H,7-10,14H2,1-6H3,(H,22,23). The Kier molecular flexibility index (Phi) is 37.8. The molecule has 4 atom stereocenters. The summed E-state index contributed by atoms with van der Waals surface area (Å²) in [6.45, 7) is 57.1. The van der Waals surface area contributed by atoms with E-state index < -0.39 is 0 Å². The summed E-state index contributed by atoms with van der Waals surface area (Å²) in [6, 6.07) is 21.9. The van der Waals surface area contributed by atoms with E-state index in [-0.39, 0.29) is 58.4 Å². The topological polar surface area (TPSA) is 148 Å². The van der Waals surface area contributed by atoms with E-state index in [1.165, 1.54) is 57.8 Å². The van der Waals surface area contributed by atoms with Gasteiger partial charge >= 0.3 is 5.97 Å². The summed E-state index contributed by atoms with van der Waals surface area (Å²) >= 11 is 0. The van der Waals surface area contributed by atoms with Crippen LogP contribution >= 0.6 is 0 Å². The highest BCUT2D eigenvalue weighted by molar-refractivity contribution is 5.79. The van der Waals surface area contributed by atoms with Crippen LogP contribution < -0.4 is 16.0 Å².